The first-order valence-electron chi connectivity index (χ1n) is 6.25. The normalized spacial score (nSPS) is 18.4. The number of ether oxygens (including phenoxy) is 1. The van der Waals surface area contributed by atoms with E-state index in [2.05, 4.69) is 24.1 Å². The predicted molar refractivity (Wildman–Crippen MR) is 71.7 cm³/mol. The molecule has 0 saturated heterocycles. The summed E-state index contributed by atoms with van der Waals surface area (Å²) in [5.41, 5.74) is 0. The molecule has 0 aromatic carbocycles. The molecule has 94 valence electrons. The van der Waals surface area contributed by atoms with E-state index in [1.807, 2.05) is 0 Å². The molecule has 0 radical (unpaired) electrons. The molecule has 0 heterocycles. The SMILES string of the molecule is CCN(C(=S)NC1CCCC1)C(C)COC. The van der Waals surface area contributed by atoms with Crippen molar-refractivity contribution in [1.29, 1.82) is 0 Å². The Morgan fingerprint density at radius 2 is 2.12 bits per heavy atom. The second-order valence-corrected chi connectivity index (χ2v) is 4.91. The zero-order valence-electron chi connectivity index (χ0n) is 10.7. The van der Waals surface area contributed by atoms with Crippen LogP contribution >= 0.6 is 12.2 Å². The number of nitrogens with one attached hydrogen (secondary N) is 1. The molecule has 1 fully saturated rings. The van der Waals surface area contributed by atoms with E-state index in [1.54, 1.807) is 7.11 Å². The van der Waals surface area contributed by atoms with Crippen molar-refractivity contribution in [3.05, 3.63) is 0 Å². The highest BCUT2D eigenvalue weighted by molar-refractivity contribution is 7.80. The molecular weight excluding hydrogens is 220 g/mol. The first-order chi connectivity index (χ1) is 7.69. The van der Waals surface area contributed by atoms with E-state index in [-0.39, 0.29) is 0 Å². The zero-order valence-corrected chi connectivity index (χ0v) is 11.5. The van der Waals surface area contributed by atoms with Crippen LogP contribution in [0.25, 0.3) is 0 Å². The van der Waals surface area contributed by atoms with E-state index in [4.69, 9.17) is 17.0 Å². The first-order valence-corrected chi connectivity index (χ1v) is 6.66. The third-order valence-electron chi connectivity index (χ3n) is 3.22. The standard InChI is InChI=1S/C12H24N2OS/c1-4-14(10(2)9-15-3)12(16)13-11-7-5-6-8-11/h10-11H,4-9H2,1-3H3,(H,13,16). The fourth-order valence-electron chi connectivity index (χ4n) is 2.31. The van der Waals surface area contributed by atoms with Gasteiger partial charge in [0.05, 0.1) is 12.6 Å². The van der Waals surface area contributed by atoms with E-state index >= 15 is 0 Å². The summed E-state index contributed by atoms with van der Waals surface area (Å²) in [7, 11) is 1.73. The lowest BCUT2D eigenvalue weighted by Crippen LogP contribution is -2.48. The molecule has 3 nitrogen and oxygen atoms in total. The second kappa shape index (κ2) is 7.07. The van der Waals surface area contributed by atoms with Crippen molar-refractivity contribution in [1.82, 2.24) is 10.2 Å². The van der Waals surface area contributed by atoms with Gasteiger partial charge in [-0.1, -0.05) is 12.8 Å². The van der Waals surface area contributed by atoms with Crippen LogP contribution in [0.5, 0.6) is 0 Å². The van der Waals surface area contributed by atoms with Gasteiger partial charge in [0, 0.05) is 19.7 Å². The molecule has 1 N–H and O–H groups in total. The maximum absolute atomic E-state index is 5.46. The molecule has 1 unspecified atom stereocenters. The van der Waals surface area contributed by atoms with Gasteiger partial charge in [-0.3, -0.25) is 0 Å². The molecule has 0 aliphatic heterocycles. The predicted octanol–water partition coefficient (Wildman–Crippen LogP) is 2.16. The van der Waals surface area contributed by atoms with Crippen LogP contribution in [0, 0.1) is 0 Å². The molecule has 0 spiro atoms. The monoisotopic (exact) mass is 244 g/mol. The van der Waals surface area contributed by atoms with E-state index in [0.717, 1.165) is 18.3 Å². The summed E-state index contributed by atoms with van der Waals surface area (Å²) in [5, 5.41) is 4.36. The van der Waals surface area contributed by atoms with Gasteiger partial charge in [-0.2, -0.15) is 0 Å². The Hall–Kier alpha value is -0.350. The van der Waals surface area contributed by atoms with Crippen LogP contribution in [0.3, 0.4) is 0 Å². The van der Waals surface area contributed by atoms with Crippen molar-refractivity contribution in [3.8, 4) is 0 Å². The smallest absolute Gasteiger partial charge is 0.169 e. The van der Waals surface area contributed by atoms with Crippen molar-refractivity contribution >= 4 is 17.3 Å². The number of nitrogens with zero attached hydrogens (tertiary/aromatic N) is 1. The molecular formula is C12H24N2OS. The van der Waals surface area contributed by atoms with Crippen LogP contribution in [-0.4, -0.2) is 42.4 Å². The molecule has 1 aliphatic rings. The fourth-order valence-corrected chi connectivity index (χ4v) is 2.79. The Kier molecular flexibility index (Phi) is 6.06. The Labute approximate surface area is 105 Å². The lowest BCUT2D eigenvalue weighted by atomic mass is 10.2. The Morgan fingerprint density at radius 1 is 1.50 bits per heavy atom. The summed E-state index contributed by atoms with van der Waals surface area (Å²) in [6, 6.07) is 0.938. The van der Waals surface area contributed by atoms with Crippen LogP contribution < -0.4 is 5.32 Å². The van der Waals surface area contributed by atoms with Crippen molar-refractivity contribution in [3.63, 3.8) is 0 Å². The Morgan fingerprint density at radius 3 is 2.62 bits per heavy atom. The highest BCUT2D eigenvalue weighted by Crippen LogP contribution is 2.18. The van der Waals surface area contributed by atoms with Gasteiger partial charge in [0.1, 0.15) is 0 Å². The fraction of sp³-hybridized carbons (Fsp3) is 0.917. The number of rotatable bonds is 5. The highest BCUT2D eigenvalue weighted by Gasteiger charge is 2.20. The van der Waals surface area contributed by atoms with Gasteiger partial charge in [0.15, 0.2) is 5.11 Å². The van der Waals surface area contributed by atoms with Gasteiger partial charge in [-0.25, -0.2) is 0 Å². The second-order valence-electron chi connectivity index (χ2n) is 4.52. The summed E-state index contributed by atoms with van der Waals surface area (Å²) < 4.78 is 5.18. The Balaban J connectivity index is 2.41. The topological polar surface area (TPSA) is 24.5 Å². The molecule has 4 heteroatoms. The van der Waals surface area contributed by atoms with Crippen LogP contribution in [-0.2, 0) is 4.74 Å². The molecule has 16 heavy (non-hydrogen) atoms. The largest absolute Gasteiger partial charge is 0.383 e. The number of hydrogen-bond acceptors (Lipinski definition) is 2. The van der Waals surface area contributed by atoms with E-state index < -0.39 is 0 Å². The first kappa shape index (κ1) is 13.7. The summed E-state index contributed by atoms with van der Waals surface area (Å²) in [4.78, 5) is 2.21. The van der Waals surface area contributed by atoms with Crippen molar-refractivity contribution in [2.45, 2.75) is 51.6 Å². The highest BCUT2D eigenvalue weighted by atomic mass is 32.1. The van der Waals surface area contributed by atoms with E-state index in [0.29, 0.717) is 12.1 Å². The molecule has 0 aromatic heterocycles. The number of likely N-dealkylation sites (N-methyl/N-ethyl adjacent to an activating group) is 1. The summed E-state index contributed by atoms with van der Waals surface area (Å²) >= 11 is 5.46. The molecule has 1 aliphatic carbocycles. The summed E-state index contributed by atoms with van der Waals surface area (Å²) in [6.07, 6.45) is 5.19. The van der Waals surface area contributed by atoms with Crippen LogP contribution in [0.1, 0.15) is 39.5 Å². The Bertz CT molecular complexity index is 217. The van der Waals surface area contributed by atoms with Gasteiger partial charge in [0.25, 0.3) is 0 Å². The minimum Gasteiger partial charge on any atom is -0.383 e. The van der Waals surface area contributed by atoms with Crippen molar-refractivity contribution in [2.24, 2.45) is 0 Å². The van der Waals surface area contributed by atoms with Gasteiger partial charge in [-0.05, 0) is 38.9 Å². The van der Waals surface area contributed by atoms with Gasteiger partial charge < -0.3 is 15.0 Å². The van der Waals surface area contributed by atoms with Crippen LogP contribution in [0.15, 0.2) is 0 Å². The molecule has 0 aromatic rings. The van der Waals surface area contributed by atoms with Crippen LogP contribution in [0.2, 0.25) is 0 Å². The van der Waals surface area contributed by atoms with Gasteiger partial charge in [0.2, 0.25) is 0 Å². The third-order valence-corrected chi connectivity index (χ3v) is 3.58. The van der Waals surface area contributed by atoms with E-state index in [9.17, 15) is 0 Å². The quantitative estimate of drug-likeness (QED) is 0.749. The number of hydrogen-bond donors (Lipinski definition) is 1. The van der Waals surface area contributed by atoms with Crippen molar-refractivity contribution < 1.29 is 4.74 Å². The average Bonchev–Trinajstić information content (AvgIpc) is 2.71. The van der Waals surface area contributed by atoms with Crippen molar-refractivity contribution in [2.75, 3.05) is 20.3 Å². The minimum atomic E-state index is 0.344. The van der Waals surface area contributed by atoms with Gasteiger partial charge >= 0.3 is 0 Å². The van der Waals surface area contributed by atoms with Gasteiger partial charge in [-0.15, -0.1) is 0 Å². The number of methoxy groups -OCH3 is 1. The average molecular weight is 244 g/mol. The molecule has 0 bridgehead atoms. The lowest BCUT2D eigenvalue weighted by molar-refractivity contribution is 0.137. The zero-order chi connectivity index (χ0) is 12.0. The molecule has 1 atom stereocenters. The molecule has 1 rings (SSSR count). The minimum absolute atomic E-state index is 0.344. The maximum atomic E-state index is 5.46. The summed E-state index contributed by atoms with van der Waals surface area (Å²) in [5.74, 6) is 0. The van der Waals surface area contributed by atoms with Crippen LogP contribution in [0.4, 0.5) is 0 Å². The molecule has 1 saturated carbocycles. The van der Waals surface area contributed by atoms with E-state index in [1.165, 1.54) is 25.7 Å². The number of thiocarbonyl (C=S) groups is 1. The molecule has 0 amide bonds. The maximum Gasteiger partial charge on any atom is 0.169 e. The lowest BCUT2D eigenvalue weighted by Gasteiger charge is -2.31. The summed E-state index contributed by atoms with van der Waals surface area (Å²) in [6.45, 7) is 5.94. The third kappa shape index (κ3) is 3.91.